The number of amides is 1. The van der Waals surface area contributed by atoms with Gasteiger partial charge in [0.05, 0.1) is 17.9 Å². The molecule has 1 amide bonds. The Morgan fingerprint density at radius 3 is 2.55 bits per heavy atom. The minimum Gasteiger partial charge on any atom is -0.357 e. The van der Waals surface area contributed by atoms with Gasteiger partial charge in [-0.05, 0) is 42.7 Å². The third kappa shape index (κ3) is 6.78. The Bertz CT molecular complexity index is 1340. The molecule has 0 bridgehead atoms. The molecule has 0 saturated heterocycles. The summed E-state index contributed by atoms with van der Waals surface area (Å²) in [5.41, 5.74) is 4.54. The van der Waals surface area contributed by atoms with Gasteiger partial charge in [-0.25, -0.2) is 9.97 Å². The summed E-state index contributed by atoms with van der Waals surface area (Å²) in [6.07, 6.45) is 8.02. The van der Waals surface area contributed by atoms with E-state index < -0.39 is 0 Å². The molecule has 1 aliphatic carbocycles. The van der Waals surface area contributed by atoms with Crippen LogP contribution < -0.4 is 10.2 Å². The van der Waals surface area contributed by atoms with Crippen molar-refractivity contribution in [2.45, 2.75) is 55.6 Å². The second-order valence-electron chi connectivity index (χ2n) is 9.66. The van der Waals surface area contributed by atoms with Crippen molar-refractivity contribution in [2.75, 3.05) is 11.9 Å². The van der Waals surface area contributed by atoms with Gasteiger partial charge in [0, 0.05) is 42.2 Å². The summed E-state index contributed by atoms with van der Waals surface area (Å²) in [5.74, 6) is 1.53. The summed E-state index contributed by atoms with van der Waals surface area (Å²) >= 11 is 1.60. The topological polar surface area (TPSA) is 71.0 Å². The SMILES string of the molecule is CN(c1cc(-c2ccccc2)nc(SCc2cccc(C(=O)NCc3ccccn3)c2)n1)C1CCCCC1. The number of aromatic nitrogens is 3. The minimum atomic E-state index is -0.110. The summed E-state index contributed by atoms with van der Waals surface area (Å²) < 4.78 is 0. The molecular weight excluding hydrogens is 490 g/mol. The van der Waals surface area contributed by atoms with Crippen molar-refractivity contribution in [3.05, 3.63) is 102 Å². The minimum absolute atomic E-state index is 0.110. The van der Waals surface area contributed by atoms with Crippen LogP contribution in [0.25, 0.3) is 11.3 Å². The molecule has 0 spiro atoms. The van der Waals surface area contributed by atoms with Crippen molar-refractivity contribution in [2.24, 2.45) is 0 Å². The number of nitrogens with one attached hydrogen (secondary N) is 1. The van der Waals surface area contributed by atoms with Crippen LogP contribution in [0.5, 0.6) is 0 Å². The molecular formula is C31H33N5OS. The Morgan fingerprint density at radius 1 is 0.947 bits per heavy atom. The van der Waals surface area contributed by atoms with E-state index in [2.05, 4.69) is 40.4 Å². The van der Waals surface area contributed by atoms with E-state index in [1.54, 1.807) is 18.0 Å². The van der Waals surface area contributed by atoms with Crippen molar-refractivity contribution in [3.8, 4) is 11.3 Å². The number of benzene rings is 2. The number of pyridine rings is 1. The van der Waals surface area contributed by atoms with Gasteiger partial charge in [-0.15, -0.1) is 0 Å². The molecule has 1 saturated carbocycles. The zero-order chi connectivity index (χ0) is 26.2. The normalized spacial score (nSPS) is 13.7. The van der Waals surface area contributed by atoms with Crippen LogP contribution in [0.1, 0.15) is 53.7 Å². The summed E-state index contributed by atoms with van der Waals surface area (Å²) in [5, 5.41) is 3.70. The number of rotatable bonds is 9. The molecule has 7 heteroatoms. The van der Waals surface area contributed by atoms with Crippen LogP contribution in [0.4, 0.5) is 5.82 Å². The van der Waals surface area contributed by atoms with E-state index in [-0.39, 0.29) is 5.91 Å². The molecule has 0 radical (unpaired) electrons. The average Bonchev–Trinajstić information content (AvgIpc) is 3.00. The summed E-state index contributed by atoms with van der Waals surface area (Å²) in [6, 6.07) is 26.3. The second kappa shape index (κ2) is 12.7. The molecule has 2 aromatic carbocycles. The summed E-state index contributed by atoms with van der Waals surface area (Å²) in [6.45, 7) is 0.399. The average molecular weight is 524 g/mol. The number of nitrogens with zero attached hydrogens (tertiary/aromatic N) is 4. The van der Waals surface area contributed by atoms with E-state index in [1.807, 2.05) is 60.7 Å². The highest BCUT2D eigenvalue weighted by atomic mass is 32.2. The van der Waals surface area contributed by atoms with Gasteiger partial charge in [0.25, 0.3) is 5.91 Å². The standard InChI is InChI=1S/C31H33N5OS/c1-36(27-16-6-3-7-17-27)29-20-28(24-12-4-2-5-13-24)34-31(35-29)38-22-23-11-10-14-25(19-23)30(37)33-21-26-15-8-9-18-32-26/h2,4-5,8-15,18-20,27H,3,6-7,16-17,21-22H2,1H3,(H,33,37). The zero-order valence-electron chi connectivity index (χ0n) is 21.7. The molecule has 2 heterocycles. The fourth-order valence-corrected chi connectivity index (χ4v) is 5.59. The molecule has 4 aromatic rings. The fourth-order valence-electron chi connectivity index (χ4n) is 4.80. The van der Waals surface area contributed by atoms with Crippen LogP contribution >= 0.6 is 11.8 Å². The molecule has 2 aromatic heterocycles. The van der Waals surface area contributed by atoms with E-state index in [9.17, 15) is 4.79 Å². The van der Waals surface area contributed by atoms with Gasteiger partial charge >= 0.3 is 0 Å². The molecule has 1 fully saturated rings. The Labute approximate surface area is 228 Å². The molecule has 1 N–H and O–H groups in total. The van der Waals surface area contributed by atoms with Gasteiger partial charge in [0.15, 0.2) is 5.16 Å². The lowest BCUT2D eigenvalue weighted by Gasteiger charge is -2.32. The molecule has 5 rings (SSSR count). The maximum absolute atomic E-state index is 12.7. The smallest absolute Gasteiger partial charge is 0.251 e. The van der Waals surface area contributed by atoms with Gasteiger partial charge in [0.1, 0.15) is 5.82 Å². The first-order valence-corrected chi connectivity index (χ1v) is 14.2. The highest BCUT2D eigenvalue weighted by Gasteiger charge is 2.21. The number of carbonyl (C=O) groups is 1. The molecule has 1 aliphatic rings. The van der Waals surface area contributed by atoms with Crippen molar-refractivity contribution >= 4 is 23.5 Å². The Kier molecular flexibility index (Phi) is 8.66. The number of anilines is 1. The van der Waals surface area contributed by atoms with E-state index in [0.29, 0.717) is 23.9 Å². The van der Waals surface area contributed by atoms with Crippen LogP contribution in [0.2, 0.25) is 0 Å². The molecule has 6 nitrogen and oxygen atoms in total. The van der Waals surface area contributed by atoms with Gasteiger partial charge in [-0.2, -0.15) is 0 Å². The number of hydrogen-bond donors (Lipinski definition) is 1. The fraction of sp³-hybridized carbons (Fsp3) is 0.290. The van der Waals surface area contributed by atoms with Gasteiger partial charge in [-0.1, -0.05) is 79.6 Å². The van der Waals surface area contributed by atoms with Crippen LogP contribution in [0, 0.1) is 0 Å². The lowest BCUT2D eigenvalue weighted by atomic mass is 9.94. The first-order chi connectivity index (χ1) is 18.7. The first kappa shape index (κ1) is 25.9. The third-order valence-corrected chi connectivity index (χ3v) is 7.88. The van der Waals surface area contributed by atoms with Crippen LogP contribution in [0.15, 0.2) is 90.2 Å². The van der Waals surface area contributed by atoms with Gasteiger partial charge in [0.2, 0.25) is 0 Å². The maximum atomic E-state index is 12.7. The Morgan fingerprint density at radius 2 is 1.76 bits per heavy atom. The van der Waals surface area contributed by atoms with Crippen LogP contribution in [0.3, 0.4) is 0 Å². The van der Waals surface area contributed by atoms with E-state index in [4.69, 9.17) is 9.97 Å². The molecule has 194 valence electrons. The molecule has 0 aliphatic heterocycles. The Hall–Kier alpha value is -3.71. The zero-order valence-corrected chi connectivity index (χ0v) is 22.5. The summed E-state index contributed by atoms with van der Waals surface area (Å²) in [4.78, 5) is 29.2. The highest BCUT2D eigenvalue weighted by Crippen LogP contribution is 2.30. The van der Waals surface area contributed by atoms with Crippen molar-refractivity contribution in [3.63, 3.8) is 0 Å². The predicted molar refractivity (Wildman–Crippen MR) is 154 cm³/mol. The van der Waals surface area contributed by atoms with E-state index >= 15 is 0 Å². The third-order valence-electron chi connectivity index (χ3n) is 6.96. The quantitative estimate of drug-likeness (QED) is 0.199. The van der Waals surface area contributed by atoms with Crippen LogP contribution in [-0.2, 0) is 12.3 Å². The molecule has 38 heavy (non-hydrogen) atoms. The second-order valence-corrected chi connectivity index (χ2v) is 10.6. The highest BCUT2D eigenvalue weighted by molar-refractivity contribution is 7.98. The van der Waals surface area contributed by atoms with E-state index in [1.165, 1.54) is 32.1 Å². The van der Waals surface area contributed by atoms with Crippen molar-refractivity contribution in [1.29, 1.82) is 0 Å². The number of hydrogen-bond acceptors (Lipinski definition) is 6. The van der Waals surface area contributed by atoms with Crippen LogP contribution in [-0.4, -0.2) is 33.9 Å². The Balaban J connectivity index is 1.31. The van der Waals surface area contributed by atoms with E-state index in [0.717, 1.165) is 33.5 Å². The maximum Gasteiger partial charge on any atom is 0.251 e. The first-order valence-electron chi connectivity index (χ1n) is 13.2. The van der Waals surface area contributed by atoms with Crippen molar-refractivity contribution < 1.29 is 4.79 Å². The number of thioether (sulfide) groups is 1. The monoisotopic (exact) mass is 523 g/mol. The van der Waals surface area contributed by atoms with Crippen molar-refractivity contribution in [1.82, 2.24) is 20.3 Å². The molecule has 0 atom stereocenters. The molecule has 0 unspecified atom stereocenters. The lowest BCUT2D eigenvalue weighted by molar-refractivity contribution is 0.0950. The van der Waals surface area contributed by atoms with Gasteiger partial charge in [-0.3, -0.25) is 9.78 Å². The number of carbonyl (C=O) groups excluding carboxylic acids is 1. The summed E-state index contributed by atoms with van der Waals surface area (Å²) in [7, 11) is 2.16. The predicted octanol–water partition coefficient (Wildman–Crippen LogP) is 6.53. The lowest BCUT2D eigenvalue weighted by Crippen LogP contribution is -2.34. The largest absolute Gasteiger partial charge is 0.357 e. The van der Waals surface area contributed by atoms with Gasteiger partial charge < -0.3 is 10.2 Å².